The van der Waals surface area contributed by atoms with Gasteiger partial charge in [-0.25, -0.2) is 12.7 Å². The quantitative estimate of drug-likeness (QED) is 0.914. The molecule has 1 aromatic carbocycles. The van der Waals surface area contributed by atoms with Crippen LogP contribution in [0.5, 0.6) is 0 Å². The highest BCUT2D eigenvalue weighted by molar-refractivity contribution is 7.89. The van der Waals surface area contributed by atoms with Crippen molar-refractivity contribution in [1.29, 1.82) is 0 Å². The molecule has 0 aliphatic carbocycles. The summed E-state index contributed by atoms with van der Waals surface area (Å²) in [7, 11) is -0.707. The minimum atomic E-state index is -3.62. The van der Waals surface area contributed by atoms with E-state index in [-0.39, 0.29) is 10.5 Å². The molecule has 0 unspecified atom stereocenters. The van der Waals surface area contributed by atoms with Crippen LogP contribution in [0.1, 0.15) is 21.5 Å². The average Bonchev–Trinajstić information content (AvgIpc) is 2.93. The Morgan fingerprint density at radius 2 is 1.95 bits per heavy atom. The summed E-state index contributed by atoms with van der Waals surface area (Å²) in [6, 6.07) is 3.04. The second kappa shape index (κ2) is 6.11. The molecule has 1 amide bonds. The standard InChI is InChI=1S/C13H16N4O3S2/c1-8-5-10(12(18)15-13-16-14-7-21-13)6-11(9(8)2)22(19,20)17(3)4/h5-7H,1-4H3,(H,15,16,18). The molecule has 0 aliphatic heterocycles. The zero-order chi connectivity index (χ0) is 16.5. The van der Waals surface area contributed by atoms with E-state index in [9.17, 15) is 13.2 Å². The molecule has 1 aromatic heterocycles. The number of aromatic nitrogens is 2. The van der Waals surface area contributed by atoms with Crippen molar-refractivity contribution in [3.63, 3.8) is 0 Å². The van der Waals surface area contributed by atoms with Crippen LogP contribution in [0.2, 0.25) is 0 Å². The largest absolute Gasteiger partial charge is 0.296 e. The van der Waals surface area contributed by atoms with Crippen LogP contribution in [0, 0.1) is 13.8 Å². The van der Waals surface area contributed by atoms with Gasteiger partial charge in [0.15, 0.2) is 0 Å². The highest BCUT2D eigenvalue weighted by Crippen LogP contribution is 2.24. The number of amides is 1. The van der Waals surface area contributed by atoms with Crippen molar-refractivity contribution in [2.45, 2.75) is 18.7 Å². The number of hydrogen-bond acceptors (Lipinski definition) is 6. The lowest BCUT2D eigenvalue weighted by Crippen LogP contribution is -2.24. The number of benzene rings is 1. The van der Waals surface area contributed by atoms with E-state index in [1.54, 1.807) is 19.9 Å². The zero-order valence-electron chi connectivity index (χ0n) is 12.6. The normalized spacial score (nSPS) is 11.7. The van der Waals surface area contributed by atoms with Crippen molar-refractivity contribution in [3.05, 3.63) is 34.3 Å². The monoisotopic (exact) mass is 340 g/mol. The van der Waals surface area contributed by atoms with Gasteiger partial charge in [0, 0.05) is 19.7 Å². The SMILES string of the molecule is Cc1cc(C(=O)Nc2nncs2)cc(S(=O)(=O)N(C)C)c1C. The molecule has 0 saturated heterocycles. The van der Waals surface area contributed by atoms with Crippen LogP contribution in [0.25, 0.3) is 0 Å². The molecule has 0 fully saturated rings. The minimum Gasteiger partial charge on any atom is -0.296 e. The first-order valence-electron chi connectivity index (χ1n) is 6.34. The molecule has 0 saturated carbocycles. The van der Waals surface area contributed by atoms with E-state index in [4.69, 9.17) is 0 Å². The van der Waals surface area contributed by atoms with Crippen LogP contribution in [0.15, 0.2) is 22.5 Å². The van der Waals surface area contributed by atoms with Gasteiger partial charge in [0.1, 0.15) is 5.51 Å². The summed E-state index contributed by atoms with van der Waals surface area (Å²) in [5.41, 5.74) is 3.11. The molecular formula is C13H16N4O3S2. The molecule has 2 aromatic rings. The van der Waals surface area contributed by atoms with Crippen molar-refractivity contribution < 1.29 is 13.2 Å². The maximum Gasteiger partial charge on any atom is 0.257 e. The number of sulfonamides is 1. The zero-order valence-corrected chi connectivity index (χ0v) is 14.2. The minimum absolute atomic E-state index is 0.125. The van der Waals surface area contributed by atoms with Crippen LogP contribution in [-0.2, 0) is 10.0 Å². The lowest BCUT2D eigenvalue weighted by Gasteiger charge is -2.16. The topological polar surface area (TPSA) is 92.3 Å². The summed E-state index contributed by atoms with van der Waals surface area (Å²) in [4.78, 5) is 12.4. The summed E-state index contributed by atoms with van der Waals surface area (Å²) in [5.74, 6) is -0.421. The molecule has 118 valence electrons. The van der Waals surface area contributed by atoms with Crippen molar-refractivity contribution in [3.8, 4) is 0 Å². The molecule has 0 radical (unpaired) electrons. The number of carbonyl (C=O) groups excluding carboxylic acids is 1. The molecule has 9 heteroatoms. The average molecular weight is 340 g/mol. The Morgan fingerprint density at radius 3 is 2.50 bits per heavy atom. The van der Waals surface area contributed by atoms with E-state index in [0.29, 0.717) is 10.7 Å². The summed E-state index contributed by atoms with van der Waals surface area (Å²) < 4.78 is 25.9. The lowest BCUT2D eigenvalue weighted by molar-refractivity contribution is 0.102. The first kappa shape index (κ1) is 16.5. The Kier molecular flexibility index (Phi) is 4.59. The number of carbonyl (C=O) groups is 1. The summed E-state index contributed by atoms with van der Waals surface area (Å²) in [6.45, 7) is 3.49. The third kappa shape index (κ3) is 3.16. The third-order valence-corrected chi connectivity index (χ3v) is 5.77. The summed E-state index contributed by atoms with van der Waals surface area (Å²) in [6.07, 6.45) is 0. The second-order valence-corrected chi connectivity index (χ2v) is 7.86. The molecule has 2 rings (SSSR count). The van der Waals surface area contributed by atoms with Gasteiger partial charge in [-0.3, -0.25) is 10.1 Å². The third-order valence-electron chi connectivity index (χ3n) is 3.22. The van der Waals surface area contributed by atoms with Gasteiger partial charge >= 0.3 is 0 Å². The maximum atomic E-state index is 12.4. The molecule has 1 N–H and O–H groups in total. The van der Waals surface area contributed by atoms with Crippen LogP contribution >= 0.6 is 11.3 Å². The fraction of sp³-hybridized carbons (Fsp3) is 0.308. The lowest BCUT2D eigenvalue weighted by atomic mass is 10.1. The fourth-order valence-electron chi connectivity index (χ4n) is 1.82. The van der Waals surface area contributed by atoms with E-state index < -0.39 is 15.9 Å². The predicted octanol–water partition coefficient (Wildman–Crippen LogP) is 1.66. The van der Waals surface area contributed by atoms with Gasteiger partial charge in [0.05, 0.1) is 4.90 Å². The van der Waals surface area contributed by atoms with Gasteiger partial charge in [-0.2, -0.15) is 0 Å². The van der Waals surface area contributed by atoms with Crippen LogP contribution < -0.4 is 5.32 Å². The smallest absolute Gasteiger partial charge is 0.257 e. The number of rotatable bonds is 4. The first-order valence-corrected chi connectivity index (χ1v) is 8.66. The van der Waals surface area contributed by atoms with Gasteiger partial charge in [-0.05, 0) is 37.1 Å². The van der Waals surface area contributed by atoms with Gasteiger partial charge < -0.3 is 0 Å². The maximum absolute atomic E-state index is 12.4. The highest BCUT2D eigenvalue weighted by Gasteiger charge is 2.23. The van der Waals surface area contributed by atoms with Gasteiger partial charge in [0.2, 0.25) is 15.2 Å². The van der Waals surface area contributed by atoms with Crippen molar-refractivity contribution in [2.75, 3.05) is 19.4 Å². The first-order chi connectivity index (χ1) is 10.2. The van der Waals surface area contributed by atoms with E-state index in [1.807, 2.05) is 0 Å². The summed E-state index contributed by atoms with van der Waals surface area (Å²) >= 11 is 1.19. The highest BCUT2D eigenvalue weighted by atomic mass is 32.2. The Labute approximate surface area is 133 Å². The van der Waals surface area contributed by atoms with Gasteiger partial charge in [-0.15, -0.1) is 10.2 Å². The van der Waals surface area contributed by atoms with E-state index in [1.165, 1.54) is 37.0 Å². The fourth-order valence-corrected chi connectivity index (χ4v) is 3.48. The predicted molar refractivity (Wildman–Crippen MR) is 84.7 cm³/mol. The Hall–Kier alpha value is -1.84. The molecular weight excluding hydrogens is 324 g/mol. The van der Waals surface area contributed by atoms with Crippen molar-refractivity contribution in [2.24, 2.45) is 0 Å². The molecule has 22 heavy (non-hydrogen) atoms. The Bertz CT molecular complexity index is 799. The Morgan fingerprint density at radius 1 is 1.27 bits per heavy atom. The van der Waals surface area contributed by atoms with Crippen molar-refractivity contribution in [1.82, 2.24) is 14.5 Å². The van der Waals surface area contributed by atoms with Crippen molar-refractivity contribution >= 4 is 32.4 Å². The number of nitrogens with one attached hydrogen (secondary N) is 1. The molecule has 0 atom stereocenters. The van der Waals surface area contributed by atoms with E-state index in [2.05, 4.69) is 15.5 Å². The van der Waals surface area contributed by atoms with E-state index in [0.717, 1.165) is 9.87 Å². The van der Waals surface area contributed by atoms with Crippen LogP contribution in [-0.4, -0.2) is 42.9 Å². The molecule has 0 spiro atoms. The van der Waals surface area contributed by atoms with E-state index >= 15 is 0 Å². The second-order valence-electron chi connectivity index (χ2n) is 4.90. The van der Waals surface area contributed by atoms with Crippen LogP contribution in [0.4, 0.5) is 5.13 Å². The molecule has 1 heterocycles. The Balaban J connectivity index is 2.47. The van der Waals surface area contributed by atoms with Crippen LogP contribution in [0.3, 0.4) is 0 Å². The number of anilines is 1. The molecule has 0 aliphatic rings. The molecule has 7 nitrogen and oxygen atoms in total. The number of nitrogens with zero attached hydrogens (tertiary/aromatic N) is 3. The number of hydrogen-bond donors (Lipinski definition) is 1. The molecule has 0 bridgehead atoms. The summed E-state index contributed by atoms with van der Waals surface area (Å²) in [5, 5.41) is 10.3. The van der Waals surface area contributed by atoms with Gasteiger partial charge in [0.25, 0.3) is 5.91 Å². The van der Waals surface area contributed by atoms with Gasteiger partial charge in [-0.1, -0.05) is 11.3 Å². The number of aryl methyl sites for hydroxylation is 1.